The maximum Gasteiger partial charge on any atom is 0.229 e. The molecule has 2 heterocycles. The van der Waals surface area contributed by atoms with Gasteiger partial charge in [-0.1, -0.05) is 63.1 Å². The van der Waals surface area contributed by atoms with Gasteiger partial charge in [0.05, 0.1) is 0 Å². The number of hydrogen-bond acceptors (Lipinski definition) is 5. The average molecular weight is 492 g/mol. The van der Waals surface area contributed by atoms with Gasteiger partial charge in [-0.25, -0.2) is 0 Å². The first kappa shape index (κ1) is 20.5. The molecule has 0 aliphatic carbocycles. The lowest BCUT2D eigenvalue weighted by Crippen LogP contribution is -2.37. The average Bonchev–Trinajstić information content (AvgIpc) is 3.19. The number of rotatable bonds is 5. The molecule has 0 atom stereocenters. The molecule has 1 N–H and O–H groups in total. The summed E-state index contributed by atoms with van der Waals surface area (Å²) < 4.78 is 1.09. The van der Waals surface area contributed by atoms with Gasteiger partial charge in [0.25, 0.3) is 0 Å². The minimum absolute atomic E-state index is 0.0130. The van der Waals surface area contributed by atoms with Crippen LogP contribution in [0.5, 0.6) is 0 Å². The van der Waals surface area contributed by atoms with E-state index in [1.54, 1.807) is 0 Å². The van der Waals surface area contributed by atoms with E-state index in [4.69, 9.17) is 11.6 Å². The number of nitrogens with zero attached hydrogens (tertiary/aromatic N) is 3. The lowest BCUT2D eigenvalue weighted by atomic mass is 9.95. The van der Waals surface area contributed by atoms with Gasteiger partial charge in [-0.05, 0) is 55.8 Å². The molecule has 0 radical (unpaired) electrons. The second-order valence-electron chi connectivity index (χ2n) is 7.09. The van der Waals surface area contributed by atoms with Gasteiger partial charge in [0.1, 0.15) is 5.01 Å². The van der Waals surface area contributed by atoms with Crippen molar-refractivity contribution >= 4 is 49.9 Å². The Balaban J connectivity index is 1.29. The molecule has 0 bridgehead atoms. The molecule has 0 saturated carbocycles. The van der Waals surface area contributed by atoms with Gasteiger partial charge in [0.15, 0.2) is 0 Å². The Labute approximate surface area is 187 Å². The maximum atomic E-state index is 12.6. The first-order valence-corrected chi connectivity index (χ1v) is 11.4. The molecular weight excluding hydrogens is 472 g/mol. The van der Waals surface area contributed by atoms with Crippen LogP contribution in [-0.2, 0) is 11.3 Å². The number of benzene rings is 2. The first-order chi connectivity index (χ1) is 14.1. The van der Waals surface area contributed by atoms with Crippen LogP contribution in [0, 0.1) is 5.92 Å². The molecule has 1 saturated heterocycles. The Morgan fingerprint density at radius 3 is 2.48 bits per heavy atom. The third kappa shape index (κ3) is 5.42. The quantitative estimate of drug-likeness (QED) is 0.514. The molecule has 5 nitrogen and oxygen atoms in total. The van der Waals surface area contributed by atoms with E-state index in [1.165, 1.54) is 16.9 Å². The number of piperidine rings is 1. The lowest BCUT2D eigenvalue weighted by molar-refractivity contribution is -0.121. The fraction of sp³-hybridized carbons (Fsp3) is 0.286. The summed E-state index contributed by atoms with van der Waals surface area (Å²) >= 11 is 10.8. The van der Waals surface area contributed by atoms with Gasteiger partial charge in [-0.15, -0.1) is 10.2 Å². The number of aromatic nitrogens is 2. The summed E-state index contributed by atoms with van der Waals surface area (Å²) in [5, 5.41) is 13.2. The molecule has 1 aromatic heterocycles. The van der Waals surface area contributed by atoms with E-state index in [-0.39, 0.29) is 11.8 Å². The predicted octanol–water partition coefficient (Wildman–Crippen LogP) is 5.47. The van der Waals surface area contributed by atoms with Crippen molar-refractivity contribution in [2.75, 3.05) is 18.4 Å². The standard InChI is InChI=1S/C21H20BrClN4OS/c22-17-5-1-14(2-6-17)13-27-11-9-15(10-12-27)19(28)24-21-26-25-20(29-21)16-3-7-18(23)8-4-16/h1-8,15H,9-13H2,(H,24,26,28). The molecule has 1 amide bonds. The van der Waals surface area contributed by atoms with Crippen molar-refractivity contribution in [3.05, 3.63) is 63.6 Å². The predicted molar refractivity (Wildman–Crippen MR) is 121 cm³/mol. The van der Waals surface area contributed by atoms with Crippen molar-refractivity contribution in [1.29, 1.82) is 0 Å². The molecule has 2 aromatic carbocycles. The van der Waals surface area contributed by atoms with E-state index in [9.17, 15) is 4.79 Å². The van der Waals surface area contributed by atoms with E-state index < -0.39 is 0 Å². The van der Waals surface area contributed by atoms with Crippen molar-refractivity contribution in [3.63, 3.8) is 0 Å². The van der Waals surface area contributed by atoms with Crippen molar-refractivity contribution in [2.24, 2.45) is 5.92 Å². The Morgan fingerprint density at radius 1 is 1.10 bits per heavy atom. The van der Waals surface area contributed by atoms with E-state index in [0.717, 1.165) is 47.5 Å². The fourth-order valence-electron chi connectivity index (χ4n) is 3.39. The van der Waals surface area contributed by atoms with Gasteiger partial charge in [-0.2, -0.15) is 0 Å². The number of halogens is 2. The van der Waals surface area contributed by atoms with Crippen LogP contribution < -0.4 is 5.32 Å². The minimum atomic E-state index is 0.0130. The van der Waals surface area contributed by atoms with Crippen LogP contribution in [-0.4, -0.2) is 34.1 Å². The molecule has 3 aromatic rings. The van der Waals surface area contributed by atoms with E-state index in [0.29, 0.717) is 10.2 Å². The summed E-state index contributed by atoms with van der Waals surface area (Å²) in [6.45, 7) is 2.75. The Kier molecular flexibility index (Phi) is 6.60. The smallest absolute Gasteiger partial charge is 0.229 e. The van der Waals surface area contributed by atoms with Crippen LogP contribution in [0.4, 0.5) is 5.13 Å². The molecule has 0 spiro atoms. The monoisotopic (exact) mass is 490 g/mol. The third-order valence-electron chi connectivity index (χ3n) is 5.02. The molecule has 0 unspecified atom stereocenters. The van der Waals surface area contributed by atoms with Crippen LogP contribution in [0.1, 0.15) is 18.4 Å². The molecule has 8 heteroatoms. The van der Waals surface area contributed by atoms with Crippen LogP contribution in [0.2, 0.25) is 5.02 Å². The highest BCUT2D eigenvalue weighted by molar-refractivity contribution is 9.10. The molecule has 1 fully saturated rings. The number of anilines is 1. The SMILES string of the molecule is O=C(Nc1nnc(-c2ccc(Cl)cc2)s1)C1CCN(Cc2ccc(Br)cc2)CC1. The number of hydrogen-bond donors (Lipinski definition) is 1. The zero-order chi connectivity index (χ0) is 20.2. The summed E-state index contributed by atoms with van der Waals surface area (Å²) in [7, 11) is 0. The molecule has 4 rings (SSSR count). The summed E-state index contributed by atoms with van der Waals surface area (Å²) in [4.78, 5) is 15.0. The lowest BCUT2D eigenvalue weighted by Gasteiger charge is -2.31. The van der Waals surface area contributed by atoms with Gasteiger partial charge >= 0.3 is 0 Å². The van der Waals surface area contributed by atoms with Gasteiger partial charge in [0.2, 0.25) is 11.0 Å². The van der Waals surface area contributed by atoms with Crippen LogP contribution >= 0.6 is 38.9 Å². The summed E-state index contributed by atoms with van der Waals surface area (Å²) in [6, 6.07) is 15.8. The number of amides is 1. The highest BCUT2D eigenvalue weighted by Crippen LogP contribution is 2.28. The van der Waals surface area contributed by atoms with Crippen molar-refractivity contribution in [1.82, 2.24) is 15.1 Å². The van der Waals surface area contributed by atoms with E-state index in [2.05, 4.69) is 60.6 Å². The number of nitrogens with one attached hydrogen (secondary N) is 1. The Morgan fingerprint density at radius 2 is 1.79 bits per heavy atom. The largest absolute Gasteiger partial charge is 0.300 e. The second kappa shape index (κ2) is 9.34. The molecule has 29 heavy (non-hydrogen) atoms. The highest BCUT2D eigenvalue weighted by atomic mass is 79.9. The number of carbonyl (C=O) groups is 1. The number of likely N-dealkylation sites (tertiary alicyclic amines) is 1. The highest BCUT2D eigenvalue weighted by Gasteiger charge is 2.25. The minimum Gasteiger partial charge on any atom is -0.300 e. The first-order valence-electron chi connectivity index (χ1n) is 9.44. The van der Waals surface area contributed by atoms with E-state index >= 15 is 0 Å². The Bertz CT molecular complexity index is 969. The van der Waals surface area contributed by atoms with Crippen LogP contribution in [0.25, 0.3) is 10.6 Å². The third-order valence-corrected chi connectivity index (χ3v) is 6.69. The summed E-state index contributed by atoms with van der Waals surface area (Å²) in [6.07, 6.45) is 1.70. The van der Waals surface area contributed by atoms with Crippen molar-refractivity contribution < 1.29 is 4.79 Å². The Hall–Kier alpha value is -1.80. The fourth-order valence-corrected chi connectivity index (χ4v) is 4.53. The zero-order valence-electron chi connectivity index (χ0n) is 15.6. The summed E-state index contributed by atoms with van der Waals surface area (Å²) in [5.41, 5.74) is 2.23. The van der Waals surface area contributed by atoms with Gasteiger partial charge < -0.3 is 5.32 Å². The molecular formula is C21H20BrClN4OS. The topological polar surface area (TPSA) is 58.1 Å². The van der Waals surface area contributed by atoms with Crippen LogP contribution in [0.15, 0.2) is 53.0 Å². The molecule has 1 aliphatic heterocycles. The normalized spacial score (nSPS) is 15.4. The molecule has 1 aliphatic rings. The summed E-state index contributed by atoms with van der Waals surface area (Å²) in [5.74, 6) is 0.0474. The van der Waals surface area contributed by atoms with Gasteiger partial charge in [0, 0.05) is 27.5 Å². The van der Waals surface area contributed by atoms with Crippen molar-refractivity contribution in [3.8, 4) is 10.6 Å². The zero-order valence-corrected chi connectivity index (χ0v) is 18.8. The maximum absolute atomic E-state index is 12.6. The van der Waals surface area contributed by atoms with Crippen molar-refractivity contribution in [2.45, 2.75) is 19.4 Å². The molecule has 150 valence electrons. The number of carbonyl (C=O) groups excluding carboxylic acids is 1. The van der Waals surface area contributed by atoms with Crippen LogP contribution in [0.3, 0.4) is 0 Å². The second-order valence-corrected chi connectivity index (χ2v) is 9.42. The van der Waals surface area contributed by atoms with Gasteiger partial charge in [-0.3, -0.25) is 9.69 Å². The van der Waals surface area contributed by atoms with E-state index in [1.807, 2.05) is 24.3 Å².